The molecule has 1 aliphatic rings. The maximum Gasteiger partial charge on any atom is 0.0876 e. The van der Waals surface area contributed by atoms with Crippen molar-refractivity contribution in [2.24, 2.45) is 0 Å². The van der Waals surface area contributed by atoms with E-state index in [2.05, 4.69) is 52.2 Å². The molecule has 2 nitrogen and oxygen atoms in total. The monoisotopic (exact) mass is 254 g/mol. The van der Waals surface area contributed by atoms with Gasteiger partial charge in [-0.2, -0.15) is 0 Å². The third-order valence-corrected chi connectivity index (χ3v) is 3.25. The van der Waals surface area contributed by atoms with E-state index in [1.165, 1.54) is 21.8 Å². The molecule has 4 rings (SSSR count). The molecule has 0 spiro atoms. The number of fused-ring (bicyclic) bond motifs is 3. The summed E-state index contributed by atoms with van der Waals surface area (Å²) in [6.45, 7) is 0. The van der Waals surface area contributed by atoms with Crippen LogP contribution in [0.15, 0.2) is 48.7 Å². The van der Waals surface area contributed by atoms with Crippen LogP contribution in [0.4, 0.5) is 0 Å². The van der Waals surface area contributed by atoms with Crippen LogP contribution < -0.4 is 0 Å². The largest absolute Gasteiger partial charge is 0.314 e. The smallest absolute Gasteiger partial charge is 0.0876 e. The lowest BCUT2D eigenvalue weighted by Gasteiger charge is -2.00. The Kier molecular flexibility index (Phi) is 2.46. The highest BCUT2D eigenvalue weighted by Crippen LogP contribution is 2.31. The summed E-state index contributed by atoms with van der Waals surface area (Å²) in [6.07, 6.45) is 10.1. The van der Waals surface area contributed by atoms with Gasteiger partial charge in [0, 0.05) is 23.2 Å². The van der Waals surface area contributed by atoms with Gasteiger partial charge >= 0.3 is 0 Å². The average molecular weight is 255 g/mol. The molecule has 0 saturated heterocycles. The van der Waals surface area contributed by atoms with Crippen molar-refractivity contribution >= 4 is 46.5 Å². The molecular formula is C15H11ClN2. The molecule has 0 saturated carbocycles. The number of halogens is 1. The second-order valence-corrected chi connectivity index (χ2v) is 4.18. The molecule has 1 aliphatic heterocycles. The standard InChI is InChI=1S/C15H10N2.ClH/c1-2-7-14-11(5-1)12-8-9-16-13-6-3-4-10-17(14)15(12)13;/h1-10H;1H. The lowest BCUT2D eigenvalue weighted by atomic mass is 10.1. The number of hydrogen-bond donors (Lipinski definition) is 0. The van der Waals surface area contributed by atoms with Gasteiger partial charge in [0.2, 0.25) is 0 Å². The van der Waals surface area contributed by atoms with Crippen LogP contribution in [-0.4, -0.2) is 9.55 Å². The van der Waals surface area contributed by atoms with Crippen molar-refractivity contribution in [3.63, 3.8) is 0 Å². The molecule has 0 aliphatic carbocycles. The molecule has 0 radical (unpaired) electrons. The maximum atomic E-state index is 4.45. The summed E-state index contributed by atoms with van der Waals surface area (Å²) >= 11 is 0. The summed E-state index contributed by atoms with van der Waals surface area (Å²) in [6, 6.07) is 10.6. The molecule has 0 bridgehead atoms. The van der Waals surface area contributed by atoms with Crippen molar-refractivity contribution in [1.82, 2.24) is 9.55 Å². The average Bonchev–Trinajstić information content (AvgIpc) is 2.56. The van der Waals surface area contributed by atoms with Crippen LogP contribution >= 0.6 is 12.4 Å². The molecular weight excluding hydrogens is 244 g/mol. The Balaban J connectivity index is 0.000001000. The van der Waals surface area contributed by atoms with Gasteiger partial charge in [0.1, 0.15) is 0 Å². The first-order valence-electron chi connectivity index (χ1n) is 5.68. The number of nitrogens with zero attached hydrogens (tertiary/aromatic N) is 2. The first-order valence-corrected chi connectivity index (χ1v) is 5.68. The molecule has 3 heteroatoms. The summed E-state index contributed by atoms with van der Waals surface area (Å²) in [4.78, 5) is 4.45. The number of aromatic nitrogens is 2. The first-order chi connectivity index (χ1) is 8.45. The van der Waals surface area contributed by atoms with Crippen LogP contribution in [0.2, 0.25) is 0 Å². The van der Waals surface area contributed by atoms with E-state index in [1.807, 2.05) is 18.3 Å². The van der Waals surface area contributed by atoms with Crippen molar-refractivity contribution < 1.29 is 0 Å². The summed E-state index contributed by atoms with van der Waals surface area (Å²) in [5, 5.41) is 2.55. The van der Waals surface area contributed by atoms with E-state index < -0.39 is 0 Å². The fraction of sp³-hybridized carbons (Fsp3) is 0. The molecule has 2 aromatic heterocycles. The van der Waals surface area contributed by atoms with Crippen LogP contribution in [0.5, 0.6) is 0 Å². The highest BCUT2D eigenvalue weighted by atomic mass is 35.5. The molecule has 88 valence electrons. The molecule has 0 N–H and O–H groups in total. The Morgan fingerprint density at radius 2 is 1.83 bits per heavy atom. The van der Waals surface area contributed by atoms with Gasteiger partial charge in [0.05, 0.1) is 16.7 Å². The summed E-state index contributed by atoms with van der Waals surface area (Å²) < 4.78 is 2.22. The topological polar surface area (TPSA) is 17.8 Å². The van der Waals surface area contributed by atoms with E-state index >= 15 is 0 Å². The Morgan fingerprint density at radius 3 is 2.78 bits per heavy atom. The van der Waals surface area contributed by atoms with Crippen molar-refractivity contribution in [2.45, 2.75) is 0 Å². The van der Waals surface area contributed by atoms with Gasteiger partial charge in [-0.3, -0.25) is 4.98 Å². The molecule has 1 aromatic carbocycles. The van der Waals surface area contributed by atoms with Gasteiger partial charge in [0.25, 0.3) is 0 Å². The third-order valence-electron chi connectivity index (χ3n) is 3.25. The number of para-hydroxylation sites is 1. The number of benzene rings is 1. The molecule has 3 heterocycles. The van der Waals surface area contributed by atoms with E-state index in [9.17, 15) is 0 Å². The van der Waals surface area contributed by atoms with Crippen molar-refractivity contribution in [3.8, 4) is 0 Å². The predicted octanol–water partition coefficient (Wildman–Crippen LogP) is 4.11. The van der Waals surface area contributed by atoms with Crippen LogP contribution in [0.25, 0.3) is 34.1 Å². The van der Waals surface area contributed by atoms with Crippen LogP contribution in [0, 0.1) is 0 Å². The zero-order chi connectivity index (χ0) is 11.2. The third kappa shape index (κ3) is 1.33. The van der Waals surface area contributed by atoms with Gasteiger partial charge in [-0.15, -0.1) is 12.4 Å². The minimum absolute atomic E-state index is 0. The van der Waals surface area contributed by atoms with E-state index in [0.717, 1.165) is 5.69 Å². The first kappa shape index (κ1) is 11.1. The number of hydrogen-bond acceptors (Lipinski definition) is 1. The van der Waals surface area contributed by atoms with Gasteiger partial charge < -0.3 is 4.57 Å². The molecule has 0 atom stereocenters. The van der Waals surface area contributed by atoms with E-state index in [-0.39, 0.29) is 12.4 Å². The maximum absolute atomic E-state index is 4.45. The van der Waals surface area contributed by atoms with Crippen LogP contribution in [0.1, 0.15) is 5.69 Å². The summed E-state index contributed by atoms with van der Waals surface area (Å²) in [7, 11) is 0. The SMILES string of the molecule is C1=Cc2nccc3c4ccccc4n(c23)C=C1.Cl. The highest BCUT2D eigenvalue weighted by molar-refractivity contribution is 6.11. The minimum atomic E-state index is 0. The lowest BCUT2D eigenvalue weighted by molar-refractivity contribution is 1.24. The Bertz CT molecular complexity index is 797. The fourth-order valence-electron chi connectivity index (χ4n) is 2.53. The van der Waals surface area contributed by atoms with Crippen molar-refractivity contribution in [3.05, 3.63) is 54.4 Å². The summed E-state index contributed by atoms with van der Waals surface area (Å²) in [5.41, 5.74) is 3.46. The quantitative estimate of drug-likeness (QED) is 0.590. The minimum Gasteiger partial charge on any atom is -0.314 e. The molecule has 3 aromatic rings. The van der Waals surface area contributed by atoms with Gasteiger partial charge in [-0.1, -0.05) is 24.3 Å². The van der Waals surface area contributed by atoms with E-state index in [1.54, 1.807) is 0 Å². The summed E-state index contributed by atoms with van der Waals surface area (Å²) in [5.74, 6) is 0. The van der Waals surface area contributed by atoms with Crippen molar-refractivity contribution in [1.29, 1.82) is 0 Å². The van der Waals surface area contributed by atoms with E-state index in [0.29, 0.717) is 0 Å². The molecule has 0 fully saturated rings. The lowest BCUT2D eigenvalue weighted by Crippen LogP contribution is -1.88. The Morgan fingerprint density at radius 1 is 0.944 bits per heavy atom. The number of pyridine rings is 1. The van der Waals surface area contributed by atoms with Crippen LogP contribution in [-0.2, 0) is 0 Å². The normalized spacial score (nSPS) is 12.7. The fourth-order valence-corrected chi connectivity index (χ4v) is 2.53. The number of rotatable bonds is 0. The highest BCUT2D eigenvalue weighted by Gasteiger charge is 2.12. The molecule has 18 heavy (non-hydrogen) atoms. The molecule has 0 unspecified atom stereocenters. The van der Waals surface area contributed by atoms with Gasteiger partial charge in [-0.25, -0.2) is 0 Å². The second kappa shape index (κ2) is 4.00. The predicted molar refractivity (Wildman–Crippen MR) is 78.9 cm³/mol. The van der Waals surface area contributed by atoms with E-state index in [4.69, 9.17) is 0 Å². The zero-order valence-electron chi connectivity index (χ0n) is 9.58. The zero-order valence-corrected chi connectivity index (χ0v) is 10.4. The Hall–Kier alpha value is -2.06. The van der Waals surface area contributed by atoms with Crippen LogP contribution in [0.3, 0.4) is 0 Å². The Labute approximate surface area is 111 Å². The van der Waals surface area contributed by atoms with Gasteiger partial charge in [-0.05, 0) is 24.3 Å². The second-order valence-electron chi connectivity index (χ2n) is 4.18. The molecule has 0 amide bonds. The van der Waals surface area contributed by atoms with Crippen molar-refractivity contribution in [2.75, 3.05) is 0 Å². The van der Waals surface area contributed by atoms with Gasteiger partial charge in [0.15, 0.2) is 0 Å². The number of allylic oxidation sites excluding steroid dienone is 2.